The topological polar surface area (TPSA) is 82.0 Å². The van der Waals surface area contributed by atoms with Crippen LogP contribution < -0.4 is 5.73 Å². The van der Waals surface area contributed by atoms with Crippen LogP contribution >= 0.6 is 11.6 Å². The lowest BCUT2D eigenvalue weighted by Crippen LogP contribution is -1.97. The fourth-order valence-electron chi connectivity index (χ4n) is 1.39. The average Bonchev–Trinajstić information content (AvgIpc) is 2.29. The van der Waals surface area contributed by atoms with Crippen LogP contribution in [0.4, 0.5) is 11.4 Å². The van der Waals surface area contributed by atoms with Gasteiger partial charge in [-0.2, -0.15) is 0 Å². The number of benzene rings is 1. The van der Waals surface area contributed by atoms with Crippen LogP contribution in [0.2, 0.25) is 5.02 Å². The highest BCUT2D eigenvalue weighted by Crippen LogP contribution is 2.26. The molecule has 1 aromatic carbocycles. The molecule has 0 amide bonds. The first-order chi connectivity index (χ1) is 8.08. The molecule has 0 unspecified atom stereocenters. The van der Waals surface area contributed by atoms with Crippen LogP contribution in [-0.2, 0) is 0 Å². The van der Waals surface area contributed by atoms with Gasteiger partial charge in [0.25, 0.3) is 0 Å². The number of nitrogens with zero attached hydrogens (tertiary/aromatic N) is 2. The van der Waals surface area contributed by atoms with Crippen molar-refractivity contribution in [1.82, 2.24) is 4.98 Å². The van der Waals surface area contributed by atoms with Gasteiger partial charge in [0.15, 0.2) is 0 Å². The molecule has 0 radical (unpaired) electrons. The average molecular weight is 250 g/mol. The standard InChI is InChI=1S/C11H8ClN3O2/c12-8-3-1-7(2-4-8)10-5-9(13)11(6-14-10)15(16)17/h1-6H,(H2,13,14). The van der Waals surface area contributed by atoms with E-state index in [2.05, 4.69) is 4.98 Å². The summed E-state index contributed by atoms with van der Waals surface area (Å²) in [6.07, 6.45) is 1.15. The molecule has 0 spiro atoms. The second-order valence-corrected chi connectivity index (χ2v) is 3.83. The quantitative estimate of drug-likeness (QED) is 0.655. The summed E-state index contributed by atoms with van der Waals surface area (Å²) >= 11 is 5.76. The van der Waals surface area contributed by atoms with E-state index in [4.69, 9.17) is 17.3 Å². The van der Waals surface area contributed by atoms with Crippen molar-refractivity contribution >= 4 is 23.0 Å². The van der Waals surface area contributed by atoms with Crippen LogP contribution in [-0.4, -0.2) is 9.91 Å². The molecule has 86 valence electrons. The number of nitro groups is 1. The minimum atomic E-state index is -0.562. The molecule has 2 N–H and O–H groups in total. The number of hydrogen-bond acceptors (Lipinski definition) is 4. The first-order valence-electron chi connectivity index (χ1n) is 4.74. The van der Waals surface area contributed by atoms with Crippen LogP contribution in [0.5, 0.6) is 0 Å². The molecule has 0 atom stereocenters. The van der Waals surface area contributed by atoms with Crippen LogP contribution in [0.25, 0.3) is 11.3 Å². The lowest BCUT2D eigenvalue weighted by Gasteiger charge is -2.02. The van der Waals surface area contributed by atoms with Gasteiger partial charge in [0.1, 0.15) is 11.9 Å². The van der Waals surface area contributed by atoms with Gasteiger partial charge in [-0.05, 0) is 18.2 Å². The third kappa shape index (κ3) is 2.34. The van der Waals surface area contributed by atoms with Crippen molar-refractivity contribution in [1.29, 1.82) is 0 Å². The molecule has 0 aliphatic rings. The summed E-state index contributed by atoms with van der Waals surface area (Å²) < 4.78 is 0. The minimum absolute atomic E-state index is 0.0925. The Morgan fingerprint density at radius 3 is 2.47 bits per heavy atom. The van der Waals surface area contributed by atoms with Gasteiger partial charge in [-0.3, -0.25) is 10.1 Å². The second kappa shape index (κ2) is 4.39. The van der Waals surface area contributed by atoms with Crippen molar-refractivity contribution in [2.75, 3.05) is 5.73 Å². The molecule has 5 nitrogen and oxygen atoms in total. The predicted molar refractivity (Wildman–Crippen MR) is 65.7 cm³/mol. The Labute approximate surface area is 102 Å². The Morgan fingerprint density at radius 2 is 1.94 bits per heavy atom. The highest BCUT2D eigenvalue weighted by molar-refractivity contribution is 6.30. The Morgan fingerprint density at radius 1 is 1.29 bits per heavy atom. The summed E-state index contributed by atoms with van der Waals surface area (Å²) in [7, 11) is 0. The molecule has 6 heteroatoms. The lowest BCUT2D eigenvalue weighted by molar-refractivity contribution is -0.384. The van der Waals surface area contributed by atoms with Gasteiger partial charge in [-0.1, -0.05) is 23.7 Å². The van der Waals surface area contributed by atoms with E-state index in [0.29, 0.717) is 10.7 Å². The molecular formula is C11H8ClN3O2. The number of nitrogens with two attached hydrogens (primary N) is 1. The Bertz CT molecular complexity index is 569. The summed E-state index contributed by atoms with van der Waals surface area (Å²) in [5, 5.41) is 11.2. The minimum Gasteiger partial charge on any atom is -0.393 e. The Hall–Kier alpha value is -2.14. The molecule has 0 aliphatic heterocycles. The summed E-state index contributed by atoms with van der Waals surface area (Å²) in [6, 6.07) is 8.46. The van der Waals surface area contributed by atoms with E-state index in [1.807, 2.05) is 0 Å². The molecule has 0 bridgehead atoms. The monoisotopic (exact) mass is 249 g/mol. The molecule has 2 rings (SSSR count). The largest absolute Gasteiger partial charge is 0.393 e. The third-order valence-electron chi connectivity index (χ3n) is 2.25. The number of pyridine rings is 1. The van der Waals surface area contributed by atoms with Crippen molar-refractivity contribution in [2.24, 2.45) is 0 Å². The normalized spacial score (nSPS) is 10.2. The van der Waals surface area contributed by atoms with E-state index in [-0.39, 0.29) is 11.4 Å². The number of nitrogen functional groups attached to an aromatic ring is 1. The molecule has 0 saturated carbocycles. The maximum Gasteiger partial charge on any atom is 0.310 e. The van der Waals surface area contributed by atoms with E-state index in [1.54, 1.807) is 24.3 Å². The zero-order valence-electron chi connectivity index (χ0n) is 8.63. The van der Waals surface area contributed by atoms with Gasteiger partial charge in [0.05, 0.1) is 10.6 Å². The molecular weight excluding hydrogens is 242 g/mol. The van der Waals surface area contributed by atoms with E-state index in [0.717, 1.165) is 11.8 Å². The molecule has 1 heterocycles. The van der Waals surface area contributed by atoms with Gasteiger partial charge in [-0.15, -0.1) is 0 Å². The summed E-state index contributed by atoms with van der Waals surface area (Å²) in [5.41, 5.74) is 6.86. The number of anilines is 1. The Balaban J connectivity index is 2.44. The number of rotatable bonds is 2. The fourth-order valence-corrected chi connectivity index (χ4v) is 1.52. The van der Waals surface area contributed by atoms with Crippen LogP contribution in [0, 0.1) is 10.1 Å². The van der Waals surface area contributed by atoms with Gasteiger partial charge >= 0.3 is 5.69 Å². The SMILES string of the molecule is Nc1cc(-c2ccc(Cl)cc2)ncc1[N+](=O)[O-]. The molecule has 17 heavy (non-hydrogen) atoms. The zero-order chi connectivity index (χ0) is 12.4. The summed E-state index contributed by atoms with van der Waals surface area (Å²) in [4.78, 5) is 14.0. The van der Waals surface area contributed by atoms with Crippen molar-refractivity contribution in [3.05, 3.63) is 51.7 Å². The third-order valence-corrected chi connectivity index (χ3v) is 2.50. The van der Waals surface area contributed by atoms with Gasteiger partial charge in [0, 0.05) is 10.6 Å². The molecule has 0 fully saturated rings. The van der Waals surface area contributed by atoms with Gasteiger partial charge < -0.3 is 5.73 Å². The maximum atomic E-state index is 10.6. The van der Waals surface area contributed by atoms with Crippen molar-refractivity contribution in [3.63, 3.8) is 0 Å². The van der Waals surface area contributed by atoms with Crippen LogP contribution in [0.15, 0.2) is 36.5 Å². The van der Waals surface area contributed by atoms with E-state index in [1.165, 1.54) is 6.07 Å². The molecule has 0 aliphatic carbocycles. The first-order valence-corrected chi connectivity index (χ1v) is 5.11. The summed E-state index contributed by atoms with van der Waals surface area (Å²) in [6.45, 7) is 0. The first kappa shape index (κ1) is 11.3. The predicted octanol–water partition coefficient (Wildman–Crippen LogP) is 2.89. The van der Waals surface area contributed by atoms with Gasteiger partial charge in [0.2, 0.25) is 0 Å². The number of hydrogen-bond donors (Lipinski definition) is 1. The highest BCUT2D eigenvalue weighted by Gasteiger charge is 2.12. The smallest absolute Gasteiger partial charge is 0.310 e. The lowest BCUT2D eigenvalue weighted by atomic mass is 10.1. The summed E-state index contributed by atoms with van der Waals surface area (Å²) in [5.74, 6) is 0. The van der Waals surface area contributed by atoms with E-state index in [9.17, 15) is 10.1 Å². The maximum absolute atomic E-state index is 10.6. The molecule has 2 aromatic rings. The van der Waals surface area contributed by atoms with Crippen LogP contribution in [0.1, 0.15) is 0 Å². The zero-order valence-corrected chi connectivity index (χ0v) is 9.39. The number of aromatic nitrogens is 1. The Kier molecular flexibility index (Phi) is 2.93. The van der Waals surface area contributed by atoms with Crippen LogP contribution in [0.3, 0.4) is 0 Å². The van der Waals surface area contributed by atoms with Crippen molar-refractivity contribution in [3.8, 4) is 11.3 Å². The fraction of sp³-hybridized carbons (Fsp3) is 0. The molecule has 0 saturated heterocycles. The van der Waals surface area contributed by atoms with Gasteiger partial charge in [-0.25, -0.2) is 4.98 Å². The van der Waals surface area contributed by atoms with E-state index < -0.39 is 4.92 Å². The molecule has 1 aromatic heterocycles. The van der Waals surface area contributed by atoms with E-state index >= 15 is 0 Å². The van der Waals surface area contributed by atoms with Crippen molar-refractivity contribution < 1.29 is 4.92 Å². The highest BCUT2D eigenvalue weighted by atomic mass is 35.5. The number of halogens is 1. The second-order valence-electron chi connectivity index (χ2n) is 3.39. The van der Waals surface area contributed by atoms with Crippen molar-refractivity contribution in [2.45, 2.75) is 0 Å².